The second-order valence-corrected chi connectivity index (χ2v) is 6.34. The largest absolute Gasteiger partial charge is 0.378 e. The zero-order valence-electron chi connectivity index (χ0n) is 11.3. The molecule has 0 atom stereocenters. The number of ketones is 1. The van der Waals surface area contributed by atoms with Gasteiger partial charge in [-0.15, -0.1) is 0 Å². The first-order valence-corrected chi connectivity index (χ1v) is 8.10. The number of carbonyl (C=O) groups excluding carboxylic acids is 1. The Labute approximate surface area is 133 Å². The van der Waals surface area contributed by atoms with Crippen LogP contribution in [0.15, 0.2) is 22.7 Å². The van der Waals surface area contributed by atoms with Crippen molar-refractivity contribution in [1.82, 2.24) is 5.32 Å². The molecule has 0 radical (unpaired) electrons. The summed E-state index contributed by atoms with van der Waals surface area (Å²) in [4.78, 5) is 11.9. The molecule has 1 aliphatic rings. The molecule has 1 fully saturated rings. The molecule has 110 valence electrons. The molecule has 1 aliphatic heterocycles. The van der Waals surface area contributed by atoms with Crippen LogP contribution in [0.5, 0.6) is 0 Å². The Morgan fingerprint density at radius 2 is 2.15 bits per heavy atom. The monoisotopic (exact) mass is 359 g/mol. The third-order valence-corrected chi connectivity index (χ3v) is 4.27. The van der Waals surface area contributed by atoms with Gasteiger partial charge in [-0.25, -0.2) is 0 Å². The lowest BCUT2D eigenvalue weighted by molar-refractivity contribution is -0.120. The Balaban J connectivity index is 1.72. The minimum Gasteiger partial charge on any atom is -0.378 e. The van der Waals surface area contributed by atoms with Gasteiger partial charge >= 0.3 is 0 Å². The molecule has 0 aromatic heterocycles. The molecule has 0 unspecified atom stereocenters. The lowest BCUT2D eigenvalue weighted by Crippen LogP contribution is -2.32. The van der Waals surface area contributed by atoms with Crippen LogP contribution in [0.4, 0.5) is 0 Å². The summed E-state index contributed by atoms with van der Waals surface area (Å²) in [6.07, 6.45) is 3.21. The molecule has 3 nitrogen and oxygen atoms in total. The van der Waals surface area contributed by atoms with Crippen molar-refractivity contribution in [3.05, 3.63) is 33.3 Å². The predicted molar refractivity (Wildman–Crippen MR) is 84.3 cm³/mol. The van der Waals surface area contributed by atoms with Gasteiger partial charge in [0.15, 0.2) is 0 Å². The maximum atomic E-state index is 11.9. The SMILES string of the molecule is O=C(CCOC1CCNCC1)Cc1ccc(Br)cc1Cl. The number of Topliss-reactive ketones (excluding diaryl/α,β-unsaturated/α-hetero) is 1. The van der Waals surface area contributed by atoms with Gasteiger partial charge in [0.05, 0.1) is 12.7 Å². The molecule has 0 aliphatic carbocycles. The number of rotatable bonds is 6. The summed E-state index contributed by atoms with van der Waals surface area (Å²) in [5.74, 6) is 0.170. The van der Waals surface area contributed by atoms with Crippen LogP contribution >= 0.6 is 27.5 Å². The van der Waals surface area contributed by atoms with E-state index in [1.165, 1.54) is 0 Å². The third kappa shape index (κ3) is 5.17. The summed E-state index contributed by atoms with van der Waals surface area (Å²) in [6, 6.07) is 5.60. The summed E-state index contributed by atoms with van der Waals surface area (Å²) in [7, 11) is 0. The van der Waals surface area contributed by atoms with E-state index in [2.05, 4.69) is 21.2 Å². The van der Waals surface area contributed by atoms with Crippen LogP contribution in [0.25, 0.3) is 0 Å². The topological polar surface area (TPSA) is 38.3 Å². The first kappa shape index (κ1) is 16.0. The van der Waals surface area contributed by atoms with Crippen LogP contribution in [0, 0.1) is 0 Å². The Bertz CT molecular complexity index is 461. The highest BCUT2D eigenvalue weighted by atomic mass is 79.9. The van der Waals surface area contributed by atoms with Crippen molar-refractivity contribution in [1.29, 1.82) is 0 Å². The van der Waals surface area contributed by atoms with Crippen LogP contribution in [0.2, 0.25) is 5.02 Å². The Morgan fingerprint density at radius 1 is 1.40 bits per heavy atom. The van der Waals surface area contributed by atoms with E-state index in [1.54, 1.807) is 0 Å². The van der Waals surface area contributed by atoms with E-state index in [1.807, 2.05) is 18.2 Å². The van der Waals surface area contributed by atoms with Crippen LogP contribution in [-0.2, 0) is 16.0 Å². The molecule has 1 heterocycles. The van der Waals surface area contributed by atoms with E-state index in [0.717, 1.165) is 36.0 Å². The van der Waals surface area contributed by atoms with Crippen molar-refractivity contribution in [2.24, 2.45) is 0 Å². The highest BCUT2D eigenvalue weighted by Crippen LogP contribution is 2.22. The highest BCUT2D eigenvalue weighted by molar-refractivity contribution is 9.10. The van der Waals surface area contributed by atoms with Gasteiger partial charge in [0, 0.05) is 22.3 Å². The van der Waals surface area contributed by atoms with Crippen molar-refractivity contribution < 1.29 is 9.53 Å². The van der Waals surface area contributed by atoms with Crippen molar-refractivity contribution in [3.63, 3.8) is 0 Å². The third-order valence-electron chi connectivity index (χ3n) is 3.42. The number of carbonyl (C=O) groups is 1. The van der Waals surface area contributed by atoms with Crippen LogP contribution < -0.4 is 5.32 Å². The first-order valence-electron chi connectivity index (χ1n) is 6.93. The molecule has 1 saturated heterocycles. The molecule has 1 aromatic carbocycles. The van der Waals surface area contributed by atoms with Gasteiger partial charge < -0.3 is 10.1 Å². The number of benzene rings is 1. The number of piperidine rings is 1. The Kier molecular flexibility index (Phi) is 6.49. The van der Waals surface area contributed by atoms with Crippen molar-refractivity contribution in [2.75, 3.05) is 19.7 Å². The fourth-order valence-corrected chi connectivity index (χ4v) is 3.01. The number of nitrogens with one attached hydrogen (secondary N) is 1. The molecule has 0 amide bonds. The highest BCUT2D eigenvalue weighted by Gasteiger charge is 2.14. The van der Waals surface area contributed by atoms with Gasteiger partial charge in [0.2, 0.25) is 0 Å². The maximum Gasteiger partial charge on any atom is 0.139 e. The van der Waals surface area contributed by atoms with Gasteiger partial charge in [0.25, 0.3) is 0 Å². The van der Waals surface area contributed by atoms with Crippen molar-refractivity contribution >= 4 is 33.3 Å². The molecule has 5 heteroatoms. The minimum absolute atomic E-state index is 0.170. The molecular weight excluding hydrogens is 342 g/mol. The lowest BCUT2D eigenvalue weighted by atomic mass is 10.1. The van der Waals surface area contributed by atoms with Gasteiger partial charge in [-0.1, -0.05) is 33.6 Å². The van der Waals surface area contributed by atoms with Gasteiger partial charge in [-0.05, 0) is 43.6 Å². The molecule has 2 rings (SSSR count). The van der Waals surface area contributed by atoms with E-state index >= 15 is 0 Å². The summed E-state index contributed by atoms with van der Waals surface area (Å²) in [5, 5.41) is 3.92. The zero-order chi connectivity index (χ0) is 14.4. The van der Waals surface area contributed by atoms with E-state index in [0.29, 0.717) is 30.6 Å². The summed E-state index contributed by atoms with van der Waals surface area (Å²) in [5.41, 5.74) is 0.877. The molecule has 0 saturated carbocycles. The first-order chi connectivity index (χ1) is 9.65. The van der Waals surface area contributed by atoms with E-state index in [-0.39, 0.29) is 5.78 Å². The number of halogens is 2. The summed E-state index contributed by atoms with van der Waals surface area (Å²) in [6.45, 7) is 2.53. The predicted octanol–water partition coefficient (Wildman–Crippen LogP) is 3.37. The van der Waals surface area contributed by atoms with Crippen molar-refractivity contribution in [2.45, 2.75) is 31.8 Å². The fraction of sp³-hybridized carbons (Fsp3) is 0.533. The number of hydrogen-bond donors (Lipinski definition) is 1. The second-order valence-electron chi connectivity index (χ2n) is 5.02. The average Bonchev–Trinajstić information content (AvgIpc) is 2.43. The van der Waals surface area contributed by atoms with E-state index in [9.17, 15) is 4.79 Å². The molecular formula is C15H19BrClNO2. The van der Waals surface area contributed by atoms with Gasteiger partial charge in [-0.3, -0.25) is 4.79 Å². The summed E-state index contributed by atoms with van der Waals surface area (Å²) >= 11 is 9.46. The van der Waals surface area contributed by atoms with Gasteiger partial charge in [-0.2, -0.15) is 0 Å². The Hall–Kier alpha value is -0.420. The smallest absolute Gasteiger partial charge is 0.139 e. The second kappa shape index (κ2) is 8.13. The van der Waals surface area contributed by atoms with Crippen LogP contribution in [0.3, 0.4) is 0 Å². The van der Waals surface area contributed by atoms with E-state index < -0.39 is 0 Å². The maximum absolute atomic E-state index is 11.9. The quantitative estimate of drug-likeness (QED) is 0.845. The molecule has 0 spiro atoms. The number of hydrogen-bond acceptors (Lipinski definition) is 3. The van der Waals surface area contributed by atoms with Crippen LogP contribution in [-0.4, -0.2) is 31.6 Å². The number of ether oxygens (including phenoxy) is 1. The standard InChI is InChI=1S/C15H19BrClNO2/c16-12-2-1-11(15(17)10-12)9-13(19)5-8-20-14-3-6-18-7-4-14/h1-2,10,14,18H,3-9H2. The van der Waals surface area contributed by atoms with Crippen molar-refractivity contribution in [3.8, 4) is 0 Å². The molecule has 0 bridgehead atoms. The van der Waals surface area contributed by atoms with Gasteiger partial charge in [0.1, 0.15) is 5.78 Å². The summed E-state index contributed by atoms with van der Waals surface area (Å²) < 4.78 is 6.66. The Morgan fingerprint density at radius 3 is 2.85 bits per heavy atom. The fourth-order valence-electron chi connectivity index (χ4n) is 2.27. The molecule has 1 aromatic rings. The molecule has 1 N–H and O–H groups in total. The molecule has 20 heavy (non-hydrogen) atoms. The normalized spacial score (nSPS) is 16.3. The van der Waals surface area contributed by atoms with Crippen LogP contribution in [0.1, 0.15) is 24.8 Å². The average molecular weight is 361 g/mol. The van der Waals surface area contributed by atoms with E-state index in [4.69, 9.17) is 16.3 Å². The minimum atomic E-state index is 0.170. The zero-order valence-corrected chi connectivity index (χ0v) is 13.7. The lowest BCUT2D eigenvalue weighted by Gasteiger charge is -2.22.